The summed E-state index contributed by atoms with van der Waals surface area (Å²) in [6, 6.07) is 0. The molecule has 3 rings (SSSR count). The monoisotopic (exact) mass is 282 g/mol. The van der Waals surface area contributed by atoms with Gasteiger partial charge in [0.25, 0.3) is 0 Å². The third kappa shape index (κ3) is 1.97. The molecule has 2 saturated carbocycles. The second-order valence-electron chi connectivity index (χ2n) is 6.09. The van der Waals surface area contributed by atoms with Crippen LogP contribution < -0.4 is 0 Å². The Morgan fingerprint density at radius 1 is 1.53 bits per heavy atom. The van der Waals surface area contributed by atoms with Crippen molar-refractivity contribution in [1.82, 2.24) is 9.78 Å². The number of nitrogens with zero attached hydrogens (tertiary/aromatic N) is 2. The highest BCUT2D eigenvalue weighted by Crippen LogP contribution is 2.61. The second kappa shape index (κ2) is 4.23. The molecule has 2 aliphatic rings. The van der Waals surface area contributed by atoms with Gasteiger partial charge in [0.1, 0.15) is 0 Å². The van der Waals surface area contributed by atoms with Crippen molar-refractivity contribution in [2.75, 3.05) is 0 Å². The van der Waals surface area contributed by atoms with E-state index in [4.69, 9.17) is 11.6 Å². The van der Waals surface area contributed by atoms with Crippen LogP contribution in [-0.2, 0) is 17.8 Å². The molecule has 0 amide bonds. The van der Waals surface area contributed by atoms with E-state index >= 15 is 0 Å². The van der Waals surface area contributed by atoms with Crippen LogP contribution in [0.2, 0.25) is 5.02 Å². The summed E-state index contributed by atoms with van der Waals surface area (Å²) in [6.07, 6.45) is 3.34. The zero-order chi connectivity index (χ0) is 13.8. The first-order valence-corrected chi connectivity index (χ1v) is 7.30. The zero-order valence-electron chi connectivity index (χ0n) is 11.3. The number of carboxylic acid groups (broad SMARTS) is 1. The number of hydrogen-bond acceptors (Lipinski definition) is 2. The van der Waals surface area contributed by atoms with Crippen LogP contribution in [0.15, 0.2) is 0 Å². The molecule has 1 N–H and O–H groups in total. The van der Waals surface area contributed by atoms with Crippen LogP contribution in [0.1, 0.15) is 37.6 Å². The van der Waals surface area contributed by atoms with Crippen molar-refractivity contribution in [2.45, 2.75) is 46.1 Å². The molecule has 5 heteroatoms. The first-order chi connectivity index (χ1) is 8.97. The Bertz CT molecular complexity index is 528. The van der Waals surface area contributed by atoms with E-state index in [1.807, 2.05) is 18.5 Å². The van der Waals surface area contributed by atoms with Gasteiger partial charge in [0.05, 0.1) is 21.8 Å². The molecule has 1 heterocycles. The highest BCUT2D eigenvalue weighted by atomic mass is 35.5. The lowest BCUT2D eigenvalue weighted by molar-refractivity contribution is -0.149. The van der Waals surface area contributed by atoms with Gasteiger partial charge in [-0.1, -0.05) is 11.6 Å². The number of hydrogen-bond donors (Lipinski definition) is 1. The summed E-state index contributed by atoms with van der Waals surface area (Å²) in [5, 5.41) is 14.7. The van der Waals surface area contributed by atoms with Gasteiger partial charge in [-0.15, -0.1) is 0 Å². The lowest BCUT2D eigenvalue weighted by atomic mass is 9.78. The van der Waals surface area contributed by atoms with Crippen molar-refractivity contribution >= 4 is 17.6 Å². The number of aliphatic carboxylic acids is 1. The van der Waals surface area contributed by atoms with Crippen molar-refractivity contribution in [3.8, 4) is 0 Å². The van der Waals surface area contributed by atoms with Crippen LogP contribution in [0, 0.1) is 24.2 Å². The minimum atomic E-state index is -0.669. The summed E-state index contributed by atoms with van der Waals surface area (Å²) >= 11 is 6.31. The first kappa shape index (κ1) is 13.0. The molecule has 0 bridgehead atoms. The minimum absolute atomic E-state index is 0.517. The quantitative estimate of drug-likeness (QED) is 0.924. The van der Waals surface area contributed by atoms with Crippen molar-refractivity contribution in [3.63, 3.8) is 0 Å². The maximum absolute atomic E-state index is 11.7. The van der Waals surface area contributed by atoms with E-state index in [2.05, 4.69) is 5.10 Å². The average Bonchev–Trinajstić information content (AvgIpc) is 2.90. The number of rotatable bonds is 4. The standard InChI is InChI=1S/C14H19ClN2O2/c1-3-17-11(12(15)8(2)16-17)7-14(13(18)19)5-9-4-10(9)6-14/h9-10H,3-7H2,1-2H3,(H,18,19). The maximum atomic E-state index is 11.7. The fraction of sp³-hybridized carbons (Fsp3) is 0.714. The van der Waals surface area contributed by atoms with Gasteiger partial charge >= 0.3 is 5.97 Å². The number of carboxylic acids is 1. The Kier molecular flexibility index (Phi) is 2.89. The topological polar surface area (TPSA) is 55.1 Å². The van der Waals surface area contributed by atoms with Gasteiger partial charge in [-0.05, 0) is 44.9 Å². The highest BCUT2D eigenvalue weighted by Gasteiger charge is 2.57. The molecule has 2 atom stereocenters. The zero-order valence-corrected chi connectivity index (χ0v) is 12.1. The molecule has 0 aliphatic heterocycles. The Morgan fingerprint density at radius 3 is 2.68 bits per heavy atom. The van der Waals surface area contributed by atoms with Crippen molar-refractivity contribution < 1.29 is 9.90 Å². The largest absolute Gasteiger partial charge is 0.481 e. The van der Waals surface area contributed by atoms with Crippen molar-refractivity contribution in [2.24, 2.45) is 17.3 Å². The summed E-state index contributed by atoms with van der Waals surface area (Å²) in [5.74, 6) is 0.597. The Balaban J connectivity index is 1.93. The molecule has 1 aromatic heterocycles. The highest BCUT2D eigenvalue weighted by molar-refractivity contribution is 6.31. The van der Waals surface area contributed by atoms with Crippen LogP contribution in [0.4, 0.5) is 0 Å². The van der Waals surface area contributed by atoms with Crippen molar-refractivity contribution in [1.29, 1.82) is 0 Å². The van der Waals surface area contributed by atoms with E-state index in [-0.39, 0.29) is 0 Å². The summed E-state index contributed by atoms with van der Waals surface area (Å²) in [5.41, 5.74) is 1.07. The van der Waals surface area contributed by atoms with E-state index in [0.717, 1.165) is 30.8 Å². The van der Waals surface area contributed by atoms with E-state index in [1.54, 1.807) is 0 Å². The molecular formula is C14H19ClN2O2. The van der Waals surface area contributed by atoms with Crippen LogP contribution >= 0.6 is 11.6 Å². The average molecular weight is 283 g/mol. The summed E-state index contributed by atoms with van der Waals surface area (Å²) in [4.78, 5) is 11.7. The van der Waals surface area contributed by atoms with Gasteiger partial charge in [0.15, 0.2) is 0 Å². The van der Waals surface area contributed by atoms with Gasteiger partial charge < -0.3 is 5.11 Å². The van der Waals surface area contributed by atoms with E-state index in [1.165, 1.54) is 6.42 Å². The summed E-state index contributed by atoms with van der Waals surface area (Å²) in [6.45, 7) is 4.61. The van der Waals surface area contributed by atoms with Crippen LogP contribution in [0.3, 0.4) is 0 Å². The van der Waals surface area contributed by atoms with Crippen LogP contribution in [-0.4, -0.2) is 20.9 Å². The van der Waals surface area contributed by atoms with Gasteiger partial charge in [0, 0.05) is 13.0 Å². The minimum Gasteiger partial charge on any atom is -0.481 e. The van der Waals surface area contributed by atoms with Crippen LogP contribution in [0.25, 0.3) is 0 Å². The predicted octanol–water partition coefficient (Wildman–Crippen LogP) is 2.91. The molecule has 1 aromatic rings. The lowest BCUT2D eigenvalue weighted by Gasteiger charge is -2.26. The first-order valence-electron chi connectivity index (χ1n) is 6.92. The Hall–Kier alpha value is -1.03. The molecular weight excluding hydrogens is 264 g/mol. The van der Waals surface area contributed by atoms with E-state index in [9.17, 15) is 9.90 Å². The predicted molar refractivity (Wildman–Crippen MR) is 72.3 cm³/mol. The molecule has 4 nitrogen and oxygen atoms in total. The molecule has 2 aliphatic carbocycles. The molecule has 2 fully saturated rings. The number of carbonyl (C=O) groups is 1. The number of halogens is 1. The third-order valence-electron chi connectivity index (χ3n) is 4.79. The number of aryl methyl sites for hydroxylation is 2. The maximum Gasteiger partial charge on any atom is 0.310 e. The summed E-state index contributed by atoms with van der Waals surface area (Å²) < 4.78 is 1.85. The van der Waals surface area contributed by atoms with Gasteiger partial charge in [-0.25, -0.2) is 0 Å². The fourth-order valence-corrected chi connectivity index (χ4v) is 3.85. The Morgan fingerprint density at radius 2 is 2.16 bits per heavy atom. The van der Waals surface area contributed by atoms with E-state index < -0.39 is 11.4 Å². The molecule has 2 unspecified atom stereocenters. The number of aromatic nitrogens is 2. The molecule has 0 radical (unpaired) electrons. The number of fused-ring (bicyclic) bond motifs is 1. The van der Waals surface area contributed by atoms with Gasteiger partial charge in [0.2, 0.25) is 0 Å². The molecule has 104 valence electrons. The van der Waals surface area contributed by atoms with Crippen LogP contribution in [0.5, 0.6) is 0 Å². The van der Waals surface area contributed by atoms with Crippen molar-refractivity contribution in [3.05, 3.63) is 16.4 Å². The smallest absolute Gasteiger partial charge is 0.310 e. The van der Waals surface area contributed by atoms with Gasteiger partial charge in [-0.3, -0.25) is 9.48 Å². The summed E-state index contributed by atoms with van der Waals surface area (Å²) in [7, 11) is 0. The third-order valence-corrected chi connectivity index (χ3v) is 5.28. The lowest BCUT2D eigenvalue weighted by Crippen LogP contribution is -2.33. The normalized spacial score (nSPS) is 32.4. The molecule has 0 spiro atoms. The van der Waals surface area contributed by atoms with E-state index in [0.29, 0.717) is 23.3 Å². The molecule has 19 heavy (non-hydrogen) atoms. The molecule has 0 saturated heterocycles. The van der Waals surface area contributed by atoms with Gasteiger partial charge in [-0.2, -0.15) is 5.10 Å². The molecule has 0 aromatic carbocycles. The fourth-order valence-electron chi connectivity index (χ4n) is 3.65. The SMILES string of the molecule is CCn1nc(C)c(Cl)c1CC1(C(=O)O)CC2CC2C1. The second-order valence-corrected chi connectivity index (χ2v) is 6.47. The Labute approximate surface area is 117 Å².